The first-order valence-corrected chi connectivity index (χ1v) is 11.0. The highest BCUT2D eigenvalue weighted by molar-refractivity contribution is 7.58. The topological polar surface area (TPSA) is 139 Å². The molecule has 3 unspecified atom stereocenters. The minimum Gasteiger partial charge on any atom is -0.481 e. The van der Waals surface area contributed by atoms with Gasteiger partial charge in [-0.1, -0.05) is 38.1 Å². The van der Waals surface area contributed by atoms with Crippen LogP contribution >= 0.6 is 7.37 Å². The van der Waals surface area contributed by atoms with Gasteiger partial charge in [0.15, 0.2) is 0 Å². The summed E-state index contributed by atoms with van der Waals surface area (Å²) in [6, 6.07) is 6.54. The average Bonchev–Trinajstić information content (AvgIpc) is 2.55. The molecule has 0 heterocycles. The summed E-state index contributed by atoms with van der Waals surface area (Å²) in [5.41, 5.74) is 6.21. The molecule has 0 saturated heterocycles. The van der Waals surface area contributed by atoms with Gasteiger partial charge >= 0.3 is 12.1 Å². The van der Waals surface area contributed by atoms with E-state index in [9.17, 15) is 24.2 Å². The number of alkyl carbamates (subject to hydrolysis) is 1. The standard InChI is InChI=1S/C19H31N2O6P/c1-12(2)16(20)28(25,26)11-15(17(22)23)14-8-6-7-13(9-14)10-21-18(24)27-19(3,4)5/h6-9,12,15-16H,10-11,20H2,1-5H3,(H,21,24)(H,22,23)(H,25,26). The molecule has 0 bridgehead atoms. The summed E-state index contributed by atoms with van der Waals surface area (Å²) in [4.78, 5) is 33.8. The number of hydrogen-bond acceptors (Lipinski definition) is 5. The minimum atomic E-state index is -3.88. The molecule has 28 heavy (non-hydrogen) atoms. The molecular formula is C19H31N2O6P. The predicted octanol–water partition coefficient (Wildman–Crippen LogP) is 3.09. The van der Waals surface area contributed by atoms with E-state index in [1.807, 2.05) is 0 Å². The minimum absolute atomic E-state index is 0.136. The van der Waals surface area contributed by atoms with Gasteiger partial charge in [0.1, 0.15) is 5.60 Å². The van der Waals surface area contributed by atoms with Gasteiger partial charge in [0.2, 0.25) is 7.37 Å². The number of carboxylic acids is 1. The van der Waals surface area contributed by atoms with Crippen LogP contribution < -0.4 is 11.1 Å². The fourth-order valence-corrected chi connectivity index (χ4v) is 4.65. The Bertz CT molecular complexity index is 744. The van der Waals surface area contributed by atoms with Crippen molar-refractivity contribution in [3.05, 3.63) is 35.4 Å². The van der Waals surface area contributed by atoms with Crippen molar-refractivity contribution in [2.24, 2.45) is 11.7 Å². The van der Waals surface area contributed by atoms with E-state index < -0.39 is 42.9 Å². The molecule has 0 saturated carbocycles. The van der Waals surface area contributed by atoms with E-state index in [1.54, 1.807) is 58.9 Å². The van der Waals surface area contributed by atoms with Crippen LogP contribution in [0.1, 0.15) is 51.7 Å². The number of aliphatic carboxylic acids is 1. The largest absolute Gasteiger partial charge is 0.481 e. The summed E-state index contributed by atoms with van der Waals surface area (Å²) in [5, 5.41) is 12.2. The summed E-state index contributed by atoms with van der Waals surface area (Å²) in [5.74, 6) is -3.63. The van der Waals surface area contributed by atoms with Crippen LogP contribution in [0.5, 0.6) is 0 Å². The lowest BCUT2D eigenvalue weighted by atomic mass is 9.99. The highest BCUT2D eigenvalue weighted by atomic mass is 31.2. The monoisotopic (exact) mass is 414 g/mol. The quantitative estimate of drug-likeness (QED) is 0.479. The van der Waals surface area contributed by atoms with Gasteiger partial charge in [-0.2, -0.15) is 0 Å². The van der Waals surface area contributed by atoms with E-state index in [-0.39, 0.29) is 12.5 Å². The zero-order valence-electron chi connectivity index (χ0n) is 17.0. The van der Waals surface area contributed by atoms with Crippen LogP contribution in [0.25, 0.3) is 0 Å². The lowest BCUT2D eigenvalue weighted by Crippen LogP contribution is -2.32. The number of nitrogens with one attached hydrogen (secondary N) is 1. The second kappa shape index (κ2) is 9.54. The first-order chi connectivity index (χ1) is 12.7. The van der Waals surface area contributed by atoms with Gasteiger partial charge in [0.05, 0.1) is 11.7 Å². The van der Waals surface area contributed by atoms with Gasteiger partial charge in [0.25, 0.3) is 0 Å². The number of carboxylic acid groups (broad SMARTS) is 1. The lowest BCUT2D eigenvalue weighted by molar-refractivity contribution is -0.138. The molecule has 0 aliphatic carbocycles. The number of ether oxygens (including phenoxy) is 1. The van der Waals surface area contributed by atoms with Crippen molar-refractivity contribution < 1.29 is 28.9 Å². The predicted molar refractivity (Wildman–Crippen MR) is 107 cm³/mol. The lowest BCUT2D eigenvalue weighted by Gasteiger charge is -2.25. The van der Waals surface area contributed by atoms with Crippen LogP contribution in [0.2, 0.25) is 0 Å². The van der Waals surface area contributed by atoms with Crippen molar-refractivity contribution in [2.75, 3.05) is 6.16 Å². The Hall–Kier alpha value is -1.89. The normalized spacial score (nSPS) is 16.1. The van der Waals surface area contributed by atoms with Crippen LogP contribution in [0, 0.1) is 5.92 Å². The Kier molecular flexibility index (Phi) is 8.23. The van der Waals surface area contributed by atoms with Crippen molar-refractivity contribution in [2.45, 2.75) is 58.5 Å². The summed E-state index contributed by atoms with van der Waals surface area (Å²) in [6.45, 7) is 8.81. The highest BCUT2D eigenvalue weighted by Crippen LogP contribution is 2.50. The average molecular weight is 414 g/mol. The molecule has 8 nitrogen and oxygen atoms in total. The van der Waals surface area contributed by atoms with E-state index in [4.69, 9.17) is 10.5 Å². The zero-order valence-corrected chi connectivity index (χ0v) is 17.9. The maximum atomic E-state index is 12.6. The third kappa shape index (κ3) is 7.62. The fraction of sp³-hybridized carbons (Fsp3) is 0.579. The third-order valence-corrected chi connectivity index (χ3v) is 6.50. The van der Waals surface area contributed by atoms with Crippen LogP contribution in [0.3, 0.4) is 0 Å². The second-order valence-electron chi connectivity index (χ2n) is 8.16. The van der Waals surface area contributed by atoms with Crippen LogP contribution in [0.4, 0.5) is 4.79 Å². The number of hydrogen-bond donors (Lipinski definition) is 4. The van der Waals surface area contributed by atoms with E-state index in [2.05, 4.69) is 5.32 Å². The second-order valence-corrected chi connectivity index (χ2v) is 10.6. The number of nitrogens with two attached hydrogens (primary N) is 1. The maximum Gasteiger partial charge on any atom is 0.407 e. The van der Waals surface area contributed by atoms with Gasteiger partial charge in [-0.25, -0.2) is 4.79 Å². The Labute approximate surface area is 165 Å². The van der Waals surface area contributed by atoms with Crippen molar-refractivity contribution in [1.29, 1.82) is 0 Å². The van der Waals surface area contributed by atoms with E-state index in [1.165, 1.54) is 0 Å². The molecule has 3 atom stereocenters. The Morgan fingerprint density at radius 2 is 1.89 bits per heavy atom. The van der Waals surface area contributed by atoms with Gasteiger partial charge in [-0.15, -0.1) is 0 Å². The van der Waals surface area contributed by atoms with Crippen molar-refractivity contribution in [1.82, 2.24) is 5.32 Å². The maximum absolute atomic E-state index is 12.6. The number of amides is 1. The number of carbonyl (C=O) groups is 2. The summed E-state index contributed by atoms with van der Waals surface area (Å²) < 4.78 is 17.7. The Balaban J connectivity index is 2.95. The molecule has 0 spiro atoms. The molecule has 1 rings (SSSR count). The smallest absolute Gasteiger partial charge is 0.407 e. The Morgan fingerprint density at radius 1 is 1.29 bits per heavy atom. The molecule has 9 heteroatoms. The molecular weight excluding hydrogens is 383 g/mol. The van der Waals surface area contributed by atoms with Crippen LogP contribution in [-0.4, -0.2) is 39.6 Å². The summed E-state index contributed by atoms with van der Waals surface area (Å²) in [6.07, 6.45) is -1.04. The van der Waals surface area contributed by atoms with Crippen LogP contribution in [-0.2, 0) is 20.6 Å². The molecule has 1 aromatic carbocycles. The van der Waals surface area contributed by atoms with E-state index in [0.29, 0.717) is 11.1 Å². The van der Waals surface area contributed by atoms with E-state index in [0.717, 1.165) is 0 Å². The van der Waals surface area contributed by atoms with E-state index >= 15 is 0 Å². The molecule has 5 N–H and O–H groups in total. The first kappa shape index (κ1) is 24.1. The molecule has 0 aliphatic rings. The van der Waals surface area contributed by atoms with Gasteiger partial charge in [-0.3, -0.25) is 9.36 Å². The molecule has 158 valence electrons. The number of rotatable bonds is 8. The highest BCUT2D eigenvalue weighted by Gasteiger charge is 2.36. The SMILES string of the molecule is CC(C)C(N)P(=O)(O)CC(C(=O)O)c1cccc(CNC(=O)OC(C)(C)C)c1. The third-order valence-electron chi connectivity index (χ3n) is 4.08. The Morgan fingerprint density at radius 3 is 2.39 bits per heavy atom. The molecule has 1 amide bonds. The summed E-state index contributed by atoms with van der Waals surface area (Å²) >= 11 is 0. The molecule has 0 fully saturated rings. The first-order valence-electron chi connectivity index (χ1n) is 9.08. The summed E-state index contributed by atoms with van der Waals surface area (Å²) in [7, 11) is -3.88. The molecule has 0 aliphatic heterocycles. The van der Waals surface area contributed by atoms with Crippen molar-refractivity contribution in [3.63, 3.8) is 0 Å². The van der Waals surface area contributed by atoms with Crippen molar-refractivity contribution in [3.8, 4) is 0 Å². The zero-order chi connectivity index (χ0) is 21.7. The fourth-order valence-electron chi connectivity index (χ4n) is 2.58. The van der Waals surface area contributed by atoms with Gasteiger partial charge in [-0.05, 0) is 37.8 Å². The molecule has 0 aromatic heterocycles. The number of carbonyl (C=O) groups excluding carboxylic acids is 1. The molecule has 1 aromatic rings. The van der Waals surface area contributed by atoms with Crippen molar-refractivity contribution >= 4 is 19.4 Å². The molecule has 0 radical (unpaired) electrons. The number of benzene rings is 1. The van der Waals surface area contributed by atoms with Gasteiger partial charge < -0.3 is 25.8 Å². The van der Waals surface area contributed by atoms with Gasteiger partial charge in [0, 0.05) is 12.7 Å². The van der Waals surface area contributed by atoms with Crippen LogP contribution in [0.15, 0.2) is 24.3 Å².